The first-order chi connectivity index (χ1) is 28.1. The van der Waals surface area contributed by atoms with Crippen molar-refractivity contribution in [2.24, 2.45) is 5.92 Å². The van der Waals surface area contributed by atoms with E-state index in [1.165, 1.54) is 11.1 Å². The number of aliphatic hydroxyl groups excluding tert-OH is 1. The first-order valence-corrected chi connectivity index (χ1v) is 18.9. The monoisotopic (exact) mass is 792 g/mol. The Kier molecular flexibility index (Phi) is 12.7. The Labute approximate surface area is 333 Å². The molecule has 1 heterocycles. The van der Waals surface area contributed by atoms with Crippen LogP contribution in [-0.4, -0.2) is 28.6 Å². The molecule has 298 valence electrons. The van der Waals surface area contributed by atoms with Crippen LogP contribution in [0, 0.1) is 35.0 Å². The van der Waals surface area contributed by atoms with Crippen molar-refractivity contribution in [3.8, 4) is 11.1 Å². The minimum atomic E-state index is -2.34. The number of nitrogens with one attached hydrogen (secondary N) is 1. The van der Waals surface area contributed by atoms with Crippen LogP contribution in [0.5, 0.6) is 0 Å². The van der Waals surface area contributed by atoms with Crippen molar-refractivity contribution in [3.05, 3.63) is 201 Å². The molecule has 4 atom stereocenters. The van der Waals surface area contributed by atoms with Gasteiger partial charge >= 0.3 is 0 Å². The molecule has 0 aromatic heterocycles. The Morgan fingerprint density at radius 3 is 1.76 bits per heavy atom. The van der Waals surface area contributed by atoms with Gasteiger partial charge in [-0.2, -0.15) is 0 Å². The lowest BCUT2D eigenvalue weighted by atomic mass is 9.89. The lowest BCUT2D eigenvalue weighted by Crippen LogP contribution is -2.44. The third-order valence-corrected chi connectivity index (χ3v) is 10.4. The zero-order valence-electron chi connectivity index (χ0n) is 31.6. The summed E-state index contributed by atoms with van der Waals surface area (Å²) in [6, 6.07) is 42.8. The first kappa shape index (κ1) is 40.5. The summed E-state index contributed by atoms with van der Waals surface area (Å²) in [4.78, 5) is 15.1. The highest BCUT2D eigenvalue weighted by molar-refractivity contribution is 5.95. The summed E-state index contributed by atoms with van der Waals surface area (Å²) in [5, 5.41) is 12.0. The highest BCUT2D eigenvalue weighted by Crippen LogP contribution is 2.42. The van der Waals surface area contributed by atoms with Gasteiger partial charge in [0.1, 0.15) is 5.56 Å². The quantitative estimate of drug-likeness (QED) is 0.0693. The topological polar surface area (TPSA) is 71.0 Å². The van der Waals surface area contributed by atoms with E-state index < -0.39 is 46.8 Å². The second-order valence-electron chi connectivity index (χ2n) is 14.4. The Hall–Kier alpha value is -5.72. The van der Waals surface area contributed by atoms with Crippen LogP contribution in [-0.2, 0) is 35.7 Å². The van der Waals surface area contributed by atoms with E-state index in [0.29, 0.717) is 30.8 Å². The van der Waals surface area contributed by atoms with Gasteiger partial charge in [0, 0.05) is 37.7 Å². The number of carbonyl (C=O) groups excluding carboxylic acids is 1. The summed E-state index contributed by atoms with van der Waals surface area (Å²) in [5.74, 6) is -12.6. The van der Waals surface area contributed by atoms with Crippen LogP contribution in [0.15, 0.2) is 133 Å². The van der Waals surface area contributed by atoms with Crippen molar-refractivity contribution in [1.82, 2.24) is 10.2 Å². The van der Waals surface area contributed by atoms with Crippen molar-refractivity contribution in [3.63, 3.8) is 0 Å². The molecule has 0 aliphatic carbocycles. The third kappa shape index (κ3) is 9.03. The van der Waals surface area contributed by atoms with Gasteiger partial charge in [-0.25, -0.2) is 22.0 Å². The lowest BCUT2D eigenvalue weighted by molar-refractivity contribution is -0.276. The molecule has 2 N–H and O–H groups in total. The summed E-state index contributed by atoms with van der Waals surface area (Å²) in [5.41, 5.74) is 5.26. The molecule has 0 spiro atoms. The number of nitrogens with zero attached hydrogens (tertiary/aromatic N) is 1. The van der Waals surface area contributed by atoms with Crippen LogP contribution in [0.2, 0.25) is 0 Å². The number of ether oxygens (including phenoxy) is 2. The van der Waals surface area contributed by atoms with E-state index in [-0.39, 0.29) is 31.3 Å². The molecule has 0 bridgehead atoms. The fourth-order valence-electron chi connectivity index (χ4n) is 7.29. The van der Waals surface area contributed by atoms with Gasteiger partial charge in [-0.3, -0.25) is 9.69 Å². The Bertz CT molecular complexity index is 2260. The van der Waals surface area contributed by atoms with Gasteiger partial charge in [0.2, 0.25) is 5.82 Å². The van der Waals surface area contributed by atoms with Gasteiger partial charge in [0.25, 0.3) is 5.91 Å². The molecule has 6 nitrogen and oxygen atoms in total. The number of halogens is 5. The van der Waals surface area contributed by atoms with E-state index in [1.807, 2.05) is 84.9 Å². The lowest BCUT2D eigenvalue weighted by Gasteiger charge is -2.43. The fraction of sp³-hybridized carbons (Fsp3) is 0.213. The SMILES string of the molecule is C[C@@H]1[C@H](CN(Cc2ccccc2)Cc2ccccc2)O[C@H](c2ccc(-c3ccccc3CNC(=O)c3c(F)c(F)c(F)c(F)c3F)cc2)O[C@@H]1c1ccc(CO)cc1. The standard InChI is InChI=1S/C47H41F5N2O4/c1-29-38(27-54(25-30-10-4-2-5-11-30)26-31-12-6-3-7-13-31)57-47(58-45(29)34-18-16-32(28-55)17-19-34)35-22-20-33(21-23-35)37-15-9-8-14-36(37)24-53-46(56)39-40(48)42(50)44(52)43(51)41(39)49/h2-23,29,38,45,47,55H,24-28H2,1H3,(H,53,56)/t29-,38+,45+,47+/m1/s1. The van der Waals surface area contributed by atoms with Gasteiger partial charge in [-0.15, -0.1) is 0 Å². The molecule has 1 fully saturated rings. The number of amides is 1. The zero-order valence-corrected chi connectivity index (χ0v) is 31.6. The largest absolute Gasteiger partial charge is 0.392 e. The molecular weight excluding hydrogens is 752 g/mol. The number of hydrogen-bond acceptors (Lipinski definition) is 5. The number of benzene rings is 6. The van der Waals surface area contributed by atoms with E-state index in [1.54, 1.807) is 24.3 Å². The molecule has 6 aromatic rings. The van der Waals surface area contributed by atoms with Gasteiger partial charge in [-0.1, -0.05) is 140 Å². The normalized spacial score (nSPS) is 18.0. The van der Waals surface area contributed by atoms with E-state index in [9.17, 15) is 31.9 Å². The van der Waals surface area contributed by atoms with Crippen LogP contribution in [0.25, 0.3) is 11.1 Å². The maximum Gasteiger partial charge on any atom is 0.257 e. The molecule has 58 heavy (non-hydrogen) atoms. The zero-order chi connectivity index (χ0) is 40.8. The summed E-state index contributed by atoms with van der Waals surface area (Å²) in [6.45, 7) is 3.82. The average molecular weight is 793 g/mol. The predicted molar refractivity (Wildman–Crippen MR) is 209 cm³/mol. The van der Waals surface area contributed by atoms with Crippen molar-refractivity contribution in [1.29, 1.82) is 0 Å². The molecule has 0 radical (unpaired) electrons. The number of hydrogen-bond donors (Lipinski definition) is 2. The molecule has 11 heteroatoms. The Morgan fingerprint density at radius 2 is 1.17 bits per heavy atom. The first-order valence-electron chi connectivity index (χ1n) is 18.9. The van der Waals surface area contributed by atoms with Crippen molar-refractivity contribution in [2.45, 2.75) is 51.7 Å². The second kappa shape index (κ2) is 18.3. The summed E-state index contributed by atoms with van der Waals surface area (Å²) in [6.07, 6.45) is -1.34. The van der Waals surface area contributed by atoms with Crippen LogP contribution in [0.1, 0.15) is 63.1 Å². The number of carbonyl (C=O) groups is 1. The van der Waals surface area contributed by atoms with Gasteiger partial charge < -0.3 is 19.9 Å². The minimum Gasteiger partial charge on any atom is -0.392 e. The van der Waals surface area contributed by atoms with Crippen molar-refractivity contribution >= 4 is 5.91 Å². The fourth-order valence-corrected chi connectivity index (χ4v) is 7.29. The smallest absolute Gasteiger partial charge is 0.257 e. The summed E-state index contributed by atoms with van der Waals surface area (Å²) < 4.78 is 83.4. The van der Waals surface area contributed by atoms with Gasteiger partial charge in [-0.05, 0) is 38.9 Å². The van der Waals surface area contributed by atoms with Gasteiger partial charge in [0.15, 0.2) is 29.6 Å². The van der Waals surface area contributed by atoms with E-state index in [0.717, 1.165) is 22.3 Å². The maximum atomic E-state index is 14.3. The molecule has 1 saturated heterocycles. The maximum absolute atomic E-state index is 14.3. The number of aliphatic hydroxyl groups is 1. The van der Waals surface area contributed by atoms with Crippen molar-refractivity contribution in [2.75, 3.05) is 6.54 Å². The molecule has 0 unspecified atom stereocenters. The van der Waals surface area contributed by atoms with E-state index in [2.05, 4.69) is 41.4 Å². The van der Waals surface area contributed by atoms with Gasteiger partial charge in [0.05, 0.1) is 18.8 Å². The molecular formula is C47H41F5N2O4. The number of rotatable bonds is 13. The average Bonchev–Trinajstić information content (AvgIpc) is 3.26. The summed E-state index contributed by atoms with van der Waals surface area (Å²) in [7, 11) is 0. The Balaban J connectivity index is 1.14. The third-order valence-electron chi connectivity index (χ3n) is 10.4. The summed E-state index contributed by atoms with van der Waals surface area (Å²) >= 11 is 0. The molecule has 0 saturated carbocycles. The molecule has 1 aliphatic heterocycles. The molecule has 1 amide bonds. The second-order valence-corrected chi connectivity index (χ2v) is 14.4. The highest BCUT2D eigenvalue weighted by Gasteiger charge is 2.39. The van der Waals surface area contributed by atoms with Crippen LogP contribution >= 0.6 is 0 Å². The van der Waals surface area contributed by atoms with E-state index >= 15 is 0 Å². The molecule has 7 rings (SSSR count). The van der Waals surface area contributed by atoms with Crippen LogP contribution in [0.4, 0.5) is 22.0 Å². The van der Waals surface area contributed by atoms with Crippen molar-refractivity contribution < 1.29 is 41.3 Å². The van der Waals surface area contributed by atoms with E-state index in [4.69, 9.17) is 9.47 Å². The Morgan fingerprint density at radius 1 is 0.638 bits per heavy atom. The minimum absolute atomic E-state index is 0.0588. The predicted octanol–water partition coefficient (Wildman–Crippen LogP) is 9.97. The van der Waals surface area contributed by atoms with Crippen LogP contribution in [0.3, 0.4) is 0 Å². The van der Waals surface area contributed by atoms with Crippen LogP contribution < -0.4 is 5.32 Å². The molecule has 6 aromatic carbocycles. The molecule has 1 aliphatic rings. The highest BCUT2D eigenvalue weighted by atomic mass is 19.2.